The number of aryl methyl sites for hydroxylation is 1. The molecule has 2 atom stereocenters. The van der Waals surface area contributed by atoms with Crippen LogP contribution in [-0.2, 0) is 11.2 Å². The Morgan fingerprint density at radius 2 is 1.84 bits per heavy atom. The molecule has 2 aliphatic rings. The lowest BCUT2D eigenvalue weighted by Gasteiger charge is -2.23. The maximum Gasteiger partial charge on any atom is 0.256 e. The summed E-state index contributed by atoms with van der Waals surface area (Å²) in [6.45, 7) is 6.02. The number of nitrogens with one attached hydrogen (secondary N) is 1. The normalized spacial score (nSPS) is 21.1. The van der Waals surface area contributed by atoms with Crippen molar-refractivity contribution >= 4 is 17.5 Å². The highest BCUT2D eigenvalue weighted by atomic mass is 19.1. The fourth-order valence-corrected chi connectivity index (χ4v) is 4.43. The standard InChI is InChI=1S/C26H32FN3O2/c1-19-17-22(19)25(31)28-24-11-10-21(27)18-23(24)26(32)30-14-6-13-29(15-16-30)12-5-9-20-7-3-2-4-8-20/h2-4,7-8,10-11,18-19,22H,5-6,9,12-17H2,1H3,(H,28,31). The van der Waals surface area contributed by atoms with Gasteiger partial charge in [0, 0.05) is 25.6 Å². The number of halogens is 1. The second-order valence-electron chi connectivity index (χ2n) is 9.08. The average molecular weight is 438 g/mol. The lowest BCUT2D eigenvalue weighted by atomic mass is 10.1. The van der Waals surface area contributed by atoms with Gasteiger partial charge in [-0.1, -0.05) is 37.3 Å². The molecule has 6 heteroatoms. The molecule has 0 bridgehead atoms. The maximum absolute atomic E-state index is 14.0. The number of hydrogen-bond donors (Lipinski definition) is 1. The van der Waals surface area contributed by atoms with E-state index in [-0.39, 0.29) is 23.3 Å². The Morgan fingerprint density at radius 1 is 1.06 bits per heavy atom. The van der Waals surface area contributed by atoms with Crippen LogP contribution in [0.15, 0.2) is 48.5 Å². The van der Waals surface area contributed by atoms with Crippen molar-refractivity contribution in [3.63, 3.8) is 0 Å². The summed E-state index contributed by atoms with van der Waals surface area (Å²) in [6.07, 6.45) is 3.87. The average Bonchev–Trinajstić information content (AvgIpc) is 3.57. The predicted octanol–water partition coefficient (Wildman–Crippen LogP) is 4.20. The predicted molar refractivity (Wildman–Crippen MR) is 124 cm³/mol. The first-order valence-electron chi connectivity index (χ1n) is 11.7. The van der Waals surface area contributed by atoms with Gasteiger partial charge in [-0.3, -0.25) is 9.59 Å². The molecule has 2 amide bonds. The largest absolute Gasteiger partial charge is 0.337 e. The third-order valence-corrected chi connectivity index (χ3v) is 6.57. The van der Waals surface area contributed by atoms with Crippen LogP contribution in [0.2, 0.25) is 0 Å². The van der Waals surface area contributed by atoms with E-state index < -0.39 is 5.82 Å². The summed E-state index contributed by atoms with van der Waals surface area (Å²) in [6, 6.07) is 14.5. The summed E-state index contributed by atoms with van der Waals surface area (Å²) >= 11 is 0. The molecule has 5 nitrogen and oxygen atoms in total. The molecule has 1 saturated heterocycles. The molecule has 4 rings (SSSR count). The highest BCUT2D eigenvalue weighted by molar-refractivity contribution is 6.04. The van der Waals surface area contributed by atoms with Gasteiger partial charge in [-0.25, -0.2) is 4.39 Å². The van der Waals surface area contributed by atoms with E-state index in [1.165, 1.54) is 23.8 Å². The Morgan fingerprint density at radius 3 is 2.59 bits per heavy atom. The van der Waals surface area contributed by atoms with Gasteiger partial charge >= 0.3 is 0 Å². The number of hydrogen-bond acceptors (Lipinski definition) is 3. The van der Waals surface area contributed by atoms with Crippen LogP contribution < -0.4 is 5.32 Å². The number of amides is 2. The van der Waals surface area contributed by atoms with Crippen molar-refractivity contribution in [1.82, 2.24) is 9.80 Å². The summed E-state index contributed by atoms with van der Waals surface area (Å²) in [4.78, 5) is 29.8. The lowest BCUT2D eigenvalue weighted by molar-refractivity contribution is -0.117. The highest BCUT2D eigenvalue weighted by Crippen LogP contribution is 2.38. The smallest absolute Gasteiger partial charge is 0.256 e. The number of carbonyl (C=O) groups is 2. The van der Waals surface area contributed by atoms with E-state index in [1.807, 2.05) is 13.0 Å². The number of nitrogens with zero attached hydrogens (tertiary/aromatic N) is 2. The van der Waals surface area contributed by atoms with Crippen LogP contribution in [0.5, 0.6) is 0 Å². The van der Waals surface area contributed by atoms with Crippen LogP contribution in [-0.4, -0.2) is 54.3 Å². The summed E-state index contributed by atoms with van der Waals surface area (Å²) in [5.41, 5.74) is 1.99. The quantitative estimate of drug-likeness (QED) is 0.706. The van der Waals surface area contributed by atoms with Gasteiger partial charge < -0.3 is 15.1 Å². The van der Waals surface area contributed by atoms with Crippen molar-refractivity contribution < 1.29 is 14.0 Å². The van der Waals surface area contributed by atoms with E-state index in [4.69, 9.17) is 0 Å². The lowest BCUT2D eigenvalue weighted by Crippen LogP contribution is -2.36. The van der Waals surface area contributed by atoms with Crippen molar-refractivity contribution in [2.75, 3.05) is 38.0 Å². The molecule has 2 unspecified atom stereocenters. The molecule has 0 radical (unpaired) electrons. The van der Waals surface area contributed by atoms with Crippen LogP contribution >= 0.6 is 0 Å². The first-order valence-corrected chi connectivity index (χ1v) is 11.7. The minimum atomic E-state index is -0.469. The van der Waals surface area contributed by atoms with Crippen molar-refractivity contribution in [3.8, 4) is 0 Å². The summed E-state index contributed by atoms with van der Waals surface area (Å²) in [7, 11) is 0. The Balaban J connectivity index is 1.34. The molecule has 1 heterocycles. The number of rotatable bonds is 7. The minimum absolute atomic E-state index is 0.00867. The van der Waals surface area contributed by atoms with Crippen LogP contribution in [0.3, 0.4) is 0 Å². The van der Waals surface area contributed by atoms with Crippen LogP contribution in [0.4, 0.5) is 10.1 Å². The van der Waals surface area contributed by atoms with E-state index in [0.29, 0.717) is 24.7 Å². The third-order valence-electron chi connectivity index (χ3n) is 6.57. The van der Waals surface area contributed by atoms with E-state index >= 15 is 0 Å². The molecule has 2 aromatic carbocycles. The Labute approximate surface area is 189 Å². The molecular weight excluding hydrogens is 405 g/mol. The third kappa shape index (κ3) is 5.74. The molecule has 32 heavy (non-hydrogen) atoms. The summed E-state index contributed by atoms with van der Waals surface area (Å²) in [5.74, 6) is -0.407. The monoisotopic (exact) mass is 437 g/mol. The van der Waals surface area contributed by atoms with Crippen molar-refractivity contribution in [1.29, 1.82) is 0 Å². The van der Waals surface area contributed by atoms with Gasteiger partial charge in [0.25, 0.3) is 5.91 Å². The number of benzene rings is 2. The van der Waals surface area contributed by atoms with Crippen molar-refractivity contribution in [2.24, 2.45) is 11.8 Å². The zero-order chi connectivity index (χ0) is 22.5. The van der Waals surface area contributed by atoms with E-state index in [2.05, 4.69) is 34.5 Å². The SMILES string of the molecule is CC1CC1C(=O)Nc1ccc(F)cc1C(=O)N1CCCN(CCCc2ccccc2)CC1. The van der Waals surface area contributed by atoms with Gasteiger partial charge in [0.1, 0.15) is 5.82 Å². The molecular formula is C26H32FN3O2. The van der Waals surface area contributed by atoms with Crippen molar-refractivity contribution in [3.05, 3.63) is 65.5 Å². The fraction of sp³-hybridized carbons (Fsp3) is 0.462. The topological polar surface area (TPSA) is 52.7 Å². The molecule has 0 spiro atoms. The fourth-order valence-electron chi connectivity index (χ4n) is 4.43. The van der Waals surface area contributed by atoms with Gasteiger partial charge in [0.2, 0.25) is 5.91 Å². The molecule has 1 aliphatic heterocycles. The first-order chi connectivity index (χ1) is 15.5. The molecule has 1 N–H and O–H groups in total. The molecule has 2 fully saturated rings. The Kier molecular flexibility index (Phi) is 7.20. The zero-order valence-electron chi connectivity index (χ0n) is 18.7. The molecule has 2 aromatic rings. The van der Waals surface area contributed by atoms with Crippen LogP contribution in [0.1, 0.15) is 42.1 Å². The molecule has 0 aromatic heterocycles. The Bertz CT molecular complexity index is 949. The molecule has 1 saturated carbocycles. The van der Waals surface area contributed by atoms with E-state index in [9.17, 15) is 14.0 Å². The van der Waals surface area contributed by atoms with Crippen LogP contribution in [0.25, 0.3) is 0 Å². The molecule has 170 valence electrons. The highest BCUT2D eigenvalue weighted by Gasteiger charge is 2.39. The minimum Gasteiger partial charge on any atom is -0.337 e. The first kappa shape index (κ1) is 22.5. The van der Waals surface area contributed by atoms with E-state index in [1.54, 1.807) is 4.90 Å². The second kappa shape index (κ2) is 10.3. The van der Waals surface area contributed by atoms with Gasteiger partial charge in [0.15, 0.2) is 0 Å². The van der Waals surface area contributed by atoms with Gasteiger partial charge in [-0.05, 0) is 68.5 Å². The van der Waals surface area contributed by atoms with Gasteiger partial charge in [-0.2, -0.15) is 0 Å². The number of carbonyl (C=O) groups excluding carboxylic acids is 2. The van der Waals surface area contributed by atoms with Crippen LogP contribution in [0, 0.1) is 17.7 Å². The zero-order valence-corrected chi connectivity index (χ0v) is 18.7. The van der Waals surface area contributed by atoms with Gasteiger partial charge in [0.05, 0.1) is 11.3 Å². The summed E-state index contributed by atoms with van der Waals surface area (Å²) in [5, 5.41) is 2.85. The number of anilines is 1. The van der Waals surface area contributed by atoms with E-state index in [0.717, 1.165) is 45.3 Å². The van der Waals surface area contributed by atoms with Gasteiger partial charge in [-0.15, -0.1) is 0 Å². The second-order valence-corrected chi connectivity index (χ2v) is 9.08. The summed E-state index contributed by atoms with van der Waals surface area (Å²) < 4.78 is 14.0. The van der Waals surface area contributed by atoms with Crippen molar-refractivity contribution in [2.45, 2.75) is 32.6 Å². The maximum atomic E-state index is 14.0. The molecule has 1 aliphatic carbocycles. The Hall–Kier alpha value is -2.73.